The maximum Gasteiger partial charge on any atom is 0.249 e. The van der Waals surface area contributed by atoms with Crippen LogP contribution in [0.25, 0.3) is 10.9 Å². The van der Waals surface area contributed by atoms with Gasteiger partial charge in [-0.25, -0.2) is 9.45 Å². The highest BCUT2D eigenvalue weighted by Crippen LogP contribution is 2.37. The van der Waals surface area contributed by atoms with Crippen LogP contribution in [0, 0.1) is 29.0 Å². The summed E-state index contributed by atoms with van der Waals surface area (Å²) in [5.41, 5.74) is 2.07. The first-order valence-electron chi connectivity index (χ1n) is 11.2. The second-order valence-corrected chi connectivity index (χ2v) is 8.81. The lowest BCUT2D eigenvalue weighted by Gasteiger charge is -2.32. The van der Waals surface area contributed by atoms with Gasteiger partial charge in [0.2, 0.25) is 5.91 Å². The van der Waals surface area contributed by atoms with Gasteiger partial charge in [0, 0.05) is 42.9 Å². The third-order valence-electron chi connectivity index (χ3n) is 6.78. The summed E-state index contributed by atoms with van der Waals surface area (Å²) in [5, 5.41) is 11.7. The molecule has 1 aliphatic carbocycles. The molecule has 2 aromatic heterocycles. The standard InChI is InChI=1S/C25H25FN4O2/c26-22-12-18(14-27)11-21(13-22)24-7-10-32-30(24)25(31)19-3-1-17(2-4-19)16-29-9-6-20-15-28-8-5-23(20)29/h5-6,8-9,11-13,15,17,19,24H,1-4,7,10,16H2/t17-,19-,24-/m0/s1. The number of pyridine rings is 1. The van der Waals surface area contributed by atoms with Crippen LogP contribution in [0.4, 0.5) is 4.39 Å². The summed E-state index contributed by atoms with van der Waals surface area (Å²) < 4.78 is 16.2. The summed E-state index contributed by atoms with van der Waals surface area (Å²) in [6.45, 7) is 1.36. The van der Waals surface area contributed by atoms with Crippen molar-refractivity contribution in [1.29, 1.82) is 5.26 Å². The maximum atomic E-state index is 13.9. The normalized spacial score (nSPS) is 23.4. The Labute approximate surface area is 186 Å². The molecule has 1 aliphatic heterocycles. The van der Waals surface area contributed by atoms with E-state index >= 15 is 0 Å². The van der Waals surface area contributed by atoms with Gasteiger partial charge >= 0.3 is 0 Å². The number of aromatic nitrogens is 2. The van der Waals surface area contributed by atoms with Crippen molar-refractivity contribution >= 4 is 16.8 Å². The maximum absolute atomic E-state index is 13.9. The Balaban J connectivity index is 1.23. The molecule has 1 saturated heterocycles. The fraction of sp³-hybridized carbons (Fsp3) is 0.400. The summed E-state index contributed by atoms with van der Waals surface area (Å²) in [6, 6.07) is 10.0. The van der Waals surface area contributed by atoms with Gasteiger partial charge in [0.15, 0.2) is 0 Å². The lowest BCUT2D eigenvalue weighted by atomic mass is 9.81. The van der Waals surface area contributed by atoms with Gasteiger partial charge in [-0.3, -0.25) is 14.6 Å². The van der Waals surface area contributed by atoms with E-state index in [0.29, 0.717) is 24.5 Å². The average Bonchev–Trinajstić information content (AvgIpc) is 3.46. The molecule has 2 fully saturated rings. The fourth-order valence-electron chi connectivity index (χ4n) is 5.11. The summed E-state index contributed by atoms with van der Waals surface area (Å²) in [5.74, 6) is -0.0423. The van der Waals surface area contributed by atoms with E-state index < -0.39 is 5.82 Å². The van der Waals surface area contributed by atoms with Gasteiger partial charge in [0.25, 0.3) is 0 Å². The van der Waals surface area contributed by atoms with Crippen molar-refractivity contribution < 1.29 is 14.0 Å². The number of hydroxylamine groups is 2. The number of hydrogen-bond acceptors (Lipinski definition) is 4. The minimum Gasteiger partial charge on any atom is -0.347 e. The van der Waals surface area contributed by atoms with E-state index in [2.05, 4.69) is 21.8 Å². The molecule has 1 saturated carbocycles. The minimum absolute atomic E-state index is 0.0220. The molecular weight excluding hydrogens is 407 g/mol. The Morgan fingerprint density at radius 2 is 2.03 bits per heavy atom. The Morgan fingerprint density at radius 1 is 1.19 bits per heavy atom. The second kappa shape index (κ2) is 8.71. The van der Waals surface area contributed by atoms with E-state index in [4.69, 9.17) is 10.1 Å². The molecule has 6 nitrogen and oxygen atoms in total. The fourth-order valence-corrected chi connectivity index (χ4v) is 5.11. The zero-order valence-corrected chi connectivity index (χ0v) is 17.8. The van der Waals surface area contributed by atoms with Gasteiger partial charge in [0.05, 0.1) is 29.8 Å². The molecule has 1 atom stereocenters. The van der Waals surface area contributed by atoms with Crippen molar-refractivity contribution in [2.75, 3.05) is 6.61 Å². The molecule has 3 heterocycles. The molecule has 3 aromatic rings. The van der Waals surface area contributed by atoms with Crippen molar-refractivity contribution in [3.63, 3.8) is 0 Å². The predicted molar refractivity (Wildman–Crippen MR) is 116 cm³/mol. The monoisotopic (exact) mass is 432 g/mol. The van der Waals surface area contributed by atoms with Crippen LogP contribution in [0.15, 0.2) is 48.9 Å². The van der Waals surface area contributed by atoms with Crippen LogP contribution in [0.1, 0.15) is 49.3 Å². The highest BCUT2D eigenvalue weighted by atomic mass is 19.1. The first-order chi connectivity index (χ1) is 15.6. The van der Waals surface area contributed by atoms with Crippen LogP contribution in [0.2, 0.25) is 0 Å². The number of benzene rings is 1. The lowest BCUT2D eigenvalue weighted by molar-refractivity contribution is -0.183. The van der Waals surface area contributed by atoms with Crippen LogP contribution in [-0.2, 0) is 16.2 Å². The average molecular weight is 432 g/mol. The zero-order chi connectivity index (χ0) is 22.1. The van der Waals surface area contributed by atoms with Crippen LogP contribution < -0.4 is 0 Å². The Kier molecular flexibility index (Phi) is 5.62. The third-order valence-corrected chi connectivity index (χ3v) is 6.78. The third kappa shape index (κ3) is 3.98. The number of halogens is 1. The number of rotatable bonds is 4. The summed E-state index contributed by atoms with van der Waals surface area (Å²) in [7, 11) is 0. The van der Waals surface area contributed by atoms with Crippen molar-refractivity contribution in [1.82, 2.24) is 14.6 Å². The van der Waals surface area contributed by atoms with Crippen molar-refractivity contribution in [2.24, 2.45) is 11.8 Å². The molecule has 32 heavy (non-hydrogen) atoms. The van der Waals surface area contributed by atoms with Gasteiger partial charge in [-0.15, -0.1) is 0 Å². The SMILES string of the molecule is N#Cc1cc(F)cc([C@@H]2CCON2C(=O)[C@H]2CC[C@H](Cn3ccc4cnccc43)CC2)c1. The van der Waals surface area contributed by atoms with E-state index in [9.17, 15) is 9.18 Å². The topological polar surface area (TPSA) is 71.2 Å². The number of carbonyl (C=O) groups excluding carboxylic acids is 1. The van der Waals surface area contributed by atoms with E-state index in [1.165, 1.54) is 22.7 Å². The van der Waals surface area contributed by atoms with Crippen molar-refractivity contribution in [3.8, 4) is 6.07 Å². The van der Waals surface area contributed by atoms with Gasteiger partial charge in [-0.1, -0.05) is 0 Å². The quantitative estimate of drug-likeness (QED) is 0.596. The summed E-state index contributed by atoms with van der Waals surface area (Å²) in [6.07, 6.45) is 10.0. The molecular formula is C25H25FN4O2. The molecule has 0 unspecified atom stereocenters. The zero-order valence-electron chi connectivity index (χ0n) is 17.8. The van der Waals surface area contributed by atoms with Crippen LogP contribution in [0.5, 0.6) is 0 Å². The second-order valence-electron chi connectivity index (χ2n) is 8.81. The van der Waals surface area contributed by atoms with Gasteiger partial charge in [0.1, 0.15) is 5.82 Å². The first-order valence-corrected chi connectivity index (χ1v) is 11.2. The molecule has 164 valence electrons. The number of nitriles is 1. The van der Waals surface area contributed by atoms with Crippen LogP contribution in [-0.4, -0.2) is 27.1 Å². The molecule has 0 bridgehead atoms. The van der Waals surface area contributed by atoms with Crippen molar-refractivity contribution in [2.45, 2.75) is 44.7 Å². The summed E-state index contributed by atoms with van der Waals surface area (Å²) in [4.78, 5) is 23.1. The van der Waals surface area contributed by atoms with Gasteiger partial charge < -0.3 is 4.57 Å². The van der Waals surface area contributed by atoms with Crippen molar-refractivity contribution in [3.05, 3.63) is 65.9 Å². The first kappa shape index (κ1) is 20.7. The van der Waals surface area contributed by atoms with Crippen LogP contribution >= 0.6 is 0 Å². The van der Waals surface area contributed by atoms with Gasteiger partial charge in [-0.05, 0) is 67.5 Å². The molecule has 0 N–H and O–H groups in total. The molecule has 1 aromatic carbocycles. The number of nitrogens with zero attached hydrogens (tertiary/aromatic N) is 4. The number of amides is 1. The van der Waals surface area contributed by atoms with E-state index in [-0.39, 0.29) is 23.4 Å². The van der Waals surface area contributed by atoms with Crippen LogP contribution in [0.3, 0.4) is 0 Å². The van der Waals surface area contributed by atoms with E-state index in [1.807, 2.05) is 24.5 Å². The number of hydrogen-bond donors (Lipinski definition) is 0. The number of carbonyl (C=O) groups is 1. The summed E-state index contributed by atoms with van der Waals surface area (Å²) >= 11 is 0. The molecule has 7 heteroatoms. The van der Waals surface area contributed by atoms with Gasteiger partial charge in [-0.2, -0.15) is 5.26 Å². The molecule has 1 amide bonds. The Bertz CT molecular complexity index is 1180. The smallest absolute Gasteiger partial charge is 0.249 e. The molecule has 5 rings (SSSR count). The highest BCUT2D eigenvalue weighted by Gasteiger charge is 2.37. The van der Waals surface area contributed by atoms with E-state index in [1.54, 1.807) is 6.07 Å². The minimum atomic E-state index is -0.466. The molecule has 0 spiro atoms. The van der Waals surface area contributed by atoms with E-state index in [0.717, 1.165) is 37.6 Å². The molecule has 0 radical (unpaired) electrons. The molecule has 2 aliphatic rings. The largest absolute Gasteiger partial charge is 0.347 e. The number of fused-ring (bicyclic) bond motifs is 1. The predicted octanol–water partition coefficient (Wildman–Crippen LogP) is 4.76. The lowest BCUT2D eigenvalue weighted by Crippen LogP contribution is -2.37. The Hall–Kier alpha value is -3.24. The Morgan fingerprint density at radius 3 is 2.84 bits per heavy atom. The highest BCUT2D eigenvalue weighted by molar-refractivity contribution is 5.79.